The second kappa shape index (κ2) is 4.15. The van der Waals surface area contributed by atoms with Gasteiger partial charge in [-0.1, -0.05) is 6.07 Å². The summed E-state index contributed by atoms with van der Waals surface area (Å²) >= 11 is 3.61. The van der Waals surface area contributed by atoms with E-state index in [1.807, 2.05) is 17.8 Å². The molecule has 1 unspecified atom stereocenters. The number of hydrogen-bond acceptors (Lipinski definition) is 3. The number of thiophene rings is 1. The second-order valence-corrected chi connectivity index (χ2v) is 5.22. The zero-order chi connectivity index (χ0) is 9.10. The monoisotopic (exact) mass is 213 g/mol. The highest BCUT2D eigenvalue weighted by Crippen LogP contribution is 2.35. The van der Waals surface area contributed by atoms with Crippen LogP contribution < -0.4 is 5.32 Å². The summed E-state index contributed by atoms with van der Waals surface area (Å²) in [5, 5.41) is 5.33. The van der Waals surface area contributed by atoms with Gasteiger partial charge in [0.05, 0.1) is 0 Å². The molecule has 0 saturated carbocycles. The topological polar surface area (TPSA) is 29.1 Å². The van der Waals surface area contributed by atoms with Crippen molar-refractivity contribution in [2.45, 2.75) is 11.7 Å². The summed E-state index contributed by atoms with van der Waals surface area (Å²) in [6.45, 7) is 0.811. The predicted molar refractivity (Wildman–Crippen MR) is 57.1 cm³/mol. The Morgan fingerprint density at radius 3 is 3.23 bits per heavy atom. The highest BCUT2D eigenvalue weighted by molar-refractivity contribution is 7.99. The van der Waals surface area contributed by atoms with Crippen LogP contribution >= 0.6 is 23.1 Å². The summed E-state index contributed by atoms with van der Waals surface area (Å²) in [6, 6.07) is 4.16. The van der Waals surface area contributed by atoms with E-state index in [9.17, 15) is 4.79 Å². The fourth-order valence-corrected chi connectivity index (χ4v) is 3.44. The number of rotatable bonds is 1. The van der Waals surface area contributed by atoms with E-state index in [1.165, 1.54) is 4.88 Å². The van der Waals surface area contributed by atoms with Gasteiger partial charge in [0.2, 0.25) is 5.91 Å². The van der Waals surface area contributed by atoms with Gasteiger partial charge < -0.3 is 5.32 Å². The highest BCUT2D eigenvalue weighted by atomic mass is 32.2. The number of thioether (sulfide) groups is 1. The van der Waals surface area contributed by atoms with E-state index in [4.69, 9.17) is 0 Å². The fourth-order valence-electron chi connectivity index (χ4n) is 1.35. The molecule has 13 heavy (non-hydrogen) atoms. The summed E-state index contributed by atoms with van der Waals surface area (Å²) in [4.78, 5) is 12.6. The van der Waals surface area contributed by atoms with Crippen LogP contribution in [-0.2, 0) is 4.79 Å². The Balaban J connectivity index is 2.09. The normalized spacial score (nSPS) is 23.7. The van der Waals surface area contributed by atoms with Crippen LogP contribution in [0.25, 0.3) is 0 Å². The summed E-state index contributed by atoms with van der Waals surface area (Å²) in [7, 11) is 0. The van der Waals surface area contributed by atoms with Gasteiger partial charge in [-0.25, -0.2) is 0 Å². The van der Waals surface area contributed by atoms with Gasteiger partial charge in [0.25, 0.3) is 0 Å². The molecule has 1 N–H and O–H groups in total. The van der Waals surface area contributed by atoms with Crippen LogP contribution in [0.4, 0.5) is 0 Å². The molecule has 1 aliphatic rings. The number of nitrogens with one attached hydrogen (secondary N) is 1. The van der Waals surface area contributed by atoms with Crippen LogP contribution in [-0.4, -0.2) is 18.2 Å². The predicted octanol–water partition coefficient (Wildman–Crippen LogP) is 2.04. The lowest BCUT2D eigenvalue weighted by atomic mass is 10.2. The Hall–Kier alpha value is -0.480. The van der Waals surface area contributed by atoms with Crippen LogP contribution in [0.3, 0.4) is 0 Å². The molecule has 2 heterocycles. The van der Waals surface area contributed by atoms with Crippen LogP contribution in [0.2, 0.25) is 0 Å². The van der Waals surface area contributed by atoms with E-state index < -0.39 is 0 Å². The van der Waals surface area contributed by atoms with E-state index in [0.717, 1.165) is 12.3 Å². The van der Waals surface area contributed by atoms with Crippen LogP contribution in [0, 0.1) is 0 Å². The van der Waals surface area contributed by atoms with Crippen LogP contribution in [0.15, 0.2) is 17.5 Å². The Labute approximate surface area is 85.7 Å². The zero-order valence-corrected chi connectivity index (χ0v) is 8.79. The third-order valence-electron chi connectivity index (χ3n) is 1.97. The maximum Gasteiger partial charge on any atom is 0.221 e. The summed E-state index contributed by atoms with van der Waals surface area (Å²) in [6.07, 6.45) is 0.630. The molecule has 1 saturated heterocycles. The van der Waals surface area contributed by atoms with Gasteiger partial charge >= 0.3 is 0 Å². The molecular weight excluding hydrogens is 202 g/mol. The van der Waals surface area contributed by atoms with Crippen molar-refractivity contribution in [3.8, 4) is 0 Å². The Kier molecular flexibility index (Phi) is 2.90. The molecular formula is C9H11NOS2. The molecule has 2 nitrogen and oxygen atoms in total. The average Bonchev–Trinajstić information content (AvgIpc) is 2.56. The molecule has 1 aromatic heterocycles. The maximum atomic E-state index is 11.3. The minimum atomic E-state index is 0.184. The minimum absolute atomic E-state index is 0.184. The minimum Gasteiger partial charge on any atom is -0.355 e. The van der Waals surface area contributed by atoms with E-state index >= 15 is 0 Å². The molecule has 1 amide bonds. The molecule has 0 aliphatic carbocycles. The smallest absolute Gasteiger partial charge is 0.221 e. The maximum absolute atomic E-state index is 11.3. The van der Waals surface area contributed by atoms with Crippen molar-refractivity contribution >= 4 is 29.0 Å². The highest BCUT2D eigenvalue weighted by Gasteiger charge is 2.19. The molecule has 1 atom stereocenters. The number of amides is 1. The van der Waals surface area contributed by atoms with Crippen molar-refractivity contribution < 1.29 is 4.79 Å². The quantitative estimate of drug-likeness (QED) is 0.773. The molecule has 1 aliphatic heterocycles. The third kappa shape index (κ3) is 2.25. The van der Waals surface area contributed by atoms with Gasteiger partial charge in [0, 0.05) is 28.8 Å². The van der Waals surface area contributed by atoms with E-state index in [-0.39, 0.29) is 5.91 Å². The third-order valence-corrected chi connectivity index (χ3v) is 4.37. The van der Waals surface area contributed by atoms with E-state index in [0.29, 0.717) is 11.7 Å². The van der Waals surface area contributed by atoms with Gasteiger partial charge in [0.15, 0.2) is 0 Å². The Bertz CT molecular complexity index is 284. The first-order valence-electron chi connectivity index (χ1n) is 4.28. The van der Waals surface area contributed by atoms with Crippen molar-refractivity contribution in [2.75, 3.05) is 12.3 Å². The molecule has 0 spiro atoms. The molecule has 1 aromatic rings. The number of carbonyl (C=O) groups is 1. The van der Waals surface area contributed by atoms with Gasteiger partial charge in [-0.05, 0) is 11.4 Å². The molecule has 1 fully saturated rings. The lowest BCUT2D eigenvalue weighted by Gasteiger charge is -2.08. The molecule has 2 rings (SSSR count). The molecule has 0 bridgehead atoms. The Morgan fingerprint density at radius 1 is 1.54 bits per heavy atom. The van der Waals surface area contributed by atoms with Crippen molar-refractivity contribution in [1.82, 2.24) is 5.32 Å². The fraction of sp³-hybridized carbons (Fsp3) is 0.444. The van der Waals surface area contributed by atoms with E-state index in [2.05, 4.69) is 16.8 Å². The van der Waals surface area contributed by atoms with Crippen molar-refractivity contribution in [1.29, 1.82) is 0 Å². The lowest BCUT2D eigenvalue weighted by Crippen LogP contribution is -2.23. The van der Waals surface area contributed by atoms with Gasteiger partial charge in [-0.3, -0.25) is 4.79 Å². The standard InChI is InChI=1S/C9H11NOS2/c11-9-6-8(13-5-3-10-9)7-2-1-4-12-7/h1-2,4,8H,3,5-6H2,(H,10,11). The summed E-state index contributed by atoms with van der Waals surface area (Å²) < 4.78 is 0. The zero-order valence-electron chi connectivity index (χ0n) is 7.16. The van der Waals surface area contributed by atoms with E-state index in [1.54, 1.807) is 11.3 Å². The SMILES string of the molecule is O=C1CC(c2cccs2)SCCN1. The van der Waals surface area contributed by atoms with Crippen molar-refractivity contribution in [3.05, 3.63) is 22.4 Å². The average molecular weight is 213 g/mol. The summed E-state index contributed by atoms with van der Waals surface area (Å²) in [5.74, 6) is 1.21. The van der Waals surface area contributed by atoms with Crippen LogP contribution in [0.1, 0.15) is 16.5 Å². The van der Waals surface area contributed by atoms with Gasteiger partial charge in [-0.2, -0.15) is 11.8 Å². The molecule has 4 heteroatoms. The van der Waals surface area contributed by atoms with Crippen molar-refractivity contribution in [3.63, 3.8) is 0 Å². The second-order valence-electron chi connectivity index (χ2n) is 2.93. The first-order chi connectivity index (χ1) is 6.36. The van der Waals surface area contributed by atoms with Crippen LogP contribution in [0.5, 0.6) is 0 Å². The molecule has 0 radical (unpaired) electrons. The lowest BCUT2D eigenvalue weighted by molar-refractivity contribution is -0.120. The van der Waals surface area contributed by atoms with Gasteiger partial charge in [0.1, 0.15) is 0 Å². The molecule has 70 valence electrons. The van der Waals surface area contributed by atoms with Crippen molar-refractivity contribution in [2.24, 2.45) is 0 Å². The first-order valence-corrected chi connectivity index (χ1v) is 6.21. The molecule has 0 aromatic carbocycles. The number of carbonyl (C=O) groups excluding carboxylic acids is 1. The summed E-state index contributed by atoms with van der Waals surface area (Å²) in [5.41, 5.74) is 0. The largest absolute Gasteiger partial charge is 0.355 e. The van der Waals surface area contributed by atoms with Gasteiger partial charge in [-0.15, -0.1) is 11.3 Å². The number of hydrogen-bond donors (Lipinski definition) is 1. The Morgan fingerprint density at radius 2 is 2.46 bits per heavy atom. The first kappa shape index (κ1) is 9.09.